The number of carbonyl (C=O) groups is 1. The van der Waals surface area contributed by atoms with E-state index in [1.807, 2.05) is 20.8 Å². The zero-order valence-electron chi connectivity index (χ0n) is 13.9. The predicted molar refractivity (Wildman–Crippen MR) is 88.5 cm³/mol. The van der Waals surface area contributed by atoms with Crippen molar-refractivity contribution in [2.75, 3.05) is 18.0 Å². The van der Waals surface area contributed by atoms with Crippen LogP contribution in [0.2, 0.25) is 0 Å². The van der Waals surface area contributed by atoms with Crippen molar-refractivity contribution in [3.05, 3.63) is 34.4 Å². The molecule has 6 heteroatoms. The number of benzene rings is 1. The Morgan fingerprint density at radius 2 is 2.00 bits per heavy atom. The molecule has 1 aromatic carbocycles. The highest BCUT2D eigenvalue weighted by Crippen LogP contribution is 2.27. The minimum atomic E-state index is -0.455. The highest BCUT2D eigenvalue weighted by Gasteiger charge is 2.25. The molecule has 6 nitrogen and oxygen atoms in total. The zero-order chi connectivity index (χ0) is 17.0. The van der Waals surface area contributed by atoms with Gasteiger partial charge in [-0.3, -0.25) is 14.9 Å². The molecule has 1 heterocycles. The van der Waals surface area contributed by atoms with Gasteiger partial charge in [0.25, 0.3) is 5.69 Å². The average Bonchev–Trinajstić information content (AvgIpc) is 2.45. The van der Waals surface area contributed by atoms with Gasteiger partial charge in [-0.25, -0.2) is 0 Å². The van der Waals surface area contributed by atoms with Crippen molar-refractivity contribution in [1.29, 1.82) is 0 Å². The van der Waals surface area contributed by atoms with E-state index in [4.69, 9.17) is 4.74 Å². The van der Waals surface area contributed by atoms with E-state index in [1.54, 1.807) is 12.1 Å². The summed E-state index contributed by atoms with van der Waals surface area (Å²) in [6.07, 6.45) is 2.42. The van der Waals surface area contributed by atoms with E-state index in [0.29, 0.717) is 6.42 Å². The van der Waals surface area contributed by atoms with Crippen LogP contribution in [0.4, 0.5) is 11.4 Å². The molecular weight excluding hydrogens is 296 g/mol. The van der Waals surface area contributed by atoms with Gasteiger partial charge in [-0.1, -0.05) is 0 Å². The first-order chi connectivity index (χ1) is 10.7. The lowest BCUT2D eigenvalue weighted by Crippen LogP contribution is -2.37. The maximum atomic E-state index is 12.0. The third-order valence-electron chi connectivity index (χ3n) is 3.82. The molecule has 2 rings (SSSR count). The molecule has 0 unspecified atom stereocenters. The highest BCUT2D eigenvalue weighted by atomic mass is 16.6. The van der Waals surface area contributed by atoms with Gasteiger partial charge in [0.1, 0.15) is 5.60 Å². The standard InChI is InChI=1S/C17H24N2O4/c1-17(2,3)23-16(20)11-13-5-4-10-18(12-13)14-6-8-15(9-7-14)19(21)22/h6-9,13H,4-5,10-12H2,1-3H3/t13-/m1/s1. The lowest BCUT2D eigenvalue weighted by molar-refractivity contribution is -0.384. The molecule has 1 aromatic rings. The Kier molecular flexibility index (Phi) is 5.23. The minimum absolute atomic E-state index is 0.0936. The summed E-state index contributed by atoms with van der Waals surface area (Å²) in [5, 5.41) is 10.7. The first-order valence-corrected chi connectivity index (χ1v) is 7.96. The molecular formula is C17H24N2O4. The van der Waals surface area contributed by atoms with Gasteiger partial charge in [-0.2, -0.15) is 0 Å². The number of nitro benzene ring substituents is 1. The quantitative estimate of drug-likeness (QED) is 0.482. The number of piperidine rings is 1. The number of non-ortho nitro benzene ring substituents is 1. The summed E-state index contributed by atoms with van der Waals surface area (Å²) in [5.41, 5.74) is 0.602. The third kappa shape index (κ3) is 5.23. The Balaban J connectivity index is 1.95. The second-order valence-electron chi connectivity index (χ2n) is 7.02. The van der Waals surface area contributed by atoms with Gasteiger partial charge >= 0.3 is 5.97 Å². The van der Waals surface area contributed by atoms with Gasteiger partial charge in [0.05, 0.1) is 11.3 Å². The molecule has 1 fully saturated rings. The van der Waals surface area contributed by atoms with Crippen molar-refractivity contribution >= 4 is 17.3 Å². The molecule has 23 heavy (non-hydrogen) atoms. The summed E-state index contributed by atoms with van der Waals surface area (Å²) in [7, 11) is 0. The van der Waals surface area contributed by atoms with E-state index in [1.165, 1.54) is 12.1 Å². The van der Waals surface area contributed by atoms with E-state index in [2.05, 4.69) is 4.90 Å². The lowest BCUT2D eigenvalue weighted by Gasteiger charge is -2.34. The van der Waals surface area contributed by atoms with Crippen LogP contribution in [-0.2, 0) is 9.53 Å². The summed E-state index contributed by atoms with van der Waals surface area (Å²) < 4.78 is 5.39. The van der Waals surface area contributed by atoms with Crippen LogP contribution in [0.1, 0.15) is 40.0 Å². The van der Waals surface area contributed by atoms with Crippen molar-refractivity contribution < 1.29 is 14.5 Å². The molecule has 0 amide bonds. The van der Waals surface area contributed by atoms with Gasteiger partial charge in [-0.05, 0) is 51.7 Å². The summed E-state index contributed by atoms with van der Waals surface area (Å²) >= 11 is 0. The molecule has 1 aliphatic heterocycles. The van der Waals surface area contributed by atoms with Crippen LogP contribution in [0.3, 0.4) is 0 Å². The van der Waals surface area contributed by atoms with Gasteiger partial charge in [0.15, 0.2) is 0 Å². The molecule has 0 aromatic heterocycles. The molecule has 0 N–H and O–H groups in total. The average molecular weight is 320 g/mol. The first-order valence-electron chi connectivity index (χ1n) is 7.96. The lowest BCUT2D eigenvalue weighted by atomic mass is 9.94. The largest absolute Gasteiger partial charge is 0.460 e. The second kappa shape index (κ2) is 6.98. The van der Waals surface area contributed by atoms with Crippen LogP contribution in [0.25, 0.3) is 0 Å². The van der Waals surface area contributed by atoms with Crippen molar-refractivity contribution in [2.24, 2.45) is 5.92 Å². The maximum absolute atomic E-state index is 12.0. The normalized spacial score (nSPS) is 18.6. The number of nitrogens with zero attached hydrogens (tertiary/aromatic N) is 2. The number of anilines is 1. The minimum Gasteiger partial charge on any atom is -0.460 e. The molecule has 0 bridgehead atoms. The monoisotopic (exact) mass is 320 g/mol. The van der Waals surface area contributed by atoms with Crippen LogP contribution in [0.15, 0.2) is 24.3 Å². The van der Waals surface area contributed by atoms with Gasteiger partial charge in [0, 0.05) is 30.9 Å². The highest BCUT2D eigenvalue weighted by molar-refractivity contribution is 5.70. The Morgan fingerprint density at radius 3 is 2.57 bits per heavy atom. The molecule has 0 aliphatic carbocycles. The van der Waals surface area contributed by atoms with Crippen molar-refractivity contribution in [3.63, 3.8) is 0 Å². The number of nitro groups is 1. The van der Waals surface area contributed by atoms with Crippen molar-refractivity contribution in [2.45, 2.75) is 45.6 Å². The molecule has 0 saturated carbocycles. The summed E-state index contributed by atoms with van der Waals surface area (Å²) in [5.74, 6) is 0.0989. The molecule has 1 aliphatic rings. The van der Waals surface area contributed by atoms with Crippen LogP contribution in [0, 0.1) is 16.0 Å². The van der Waals surface area contributed by atoms with E-state index in [-0.39, 0.29) is 17.6 Å². The smallest absolute Gasteiger partial charge is 0.306 e. The Bertz CT molecular complexity index is 563. The number of carbonyl (C=O) groups excluding carboxylic acids is 1. The number of ether oxygens (including phenoxy) is 1. The van der Waals surface area contributed by atoms with Crippen LogP contribution >= 0.6 is 0 Å². The fraction of sp³-hybridized carbons (Fsp3) is 0.588. The molecule has 0 radical (unpaired) electrons. The summed E-state index contributed by atoms with van der Waals surface area (Å²) in [6, 6.07) is 6.58. The Hall–Kier alpha value is -2.11. The molecule has 1 saturated heterocycles. The predicted octanol–water partition coefficient (Wildman–Crippen LogP) is 3.54. The first kappa shape index (κ1) is 17.2. The third-order valence-corrected chi connectivity index (χ3v) is 3.82. The second-order valence-corrected chi connectivity index (χ2v) is 7.02. The maximum Gasteiger partial charge on any atom is 0.306 e. The Labute approximate surface area is 136 Å². The molecule has 126 valence electrons. The van der Waals surface area contributed by atoms with Gasteiger partial charge in [0.2, 0.25) is 0 Å². The van der Waals surface area contributed by atoms with E-state index in [0.717, 1.165) is 31.6 Å². The summed E-state index contributed by atoms with van der Waals surface area (Å²) in [4.78, 5) is 24.5. The SMILES string of the molecule is CC(C)(C)OC(=O)C[C@H]1CCCN(c2ccc([N+](=O)[O-])cc2)C1. The van der Waals surface area contributed by atoms with E-state index in [9.17, 15) is 14.9 Å². The number of rotatable bonds is 4. The van der Waals surface area contributed by atoms with Crippen LogP contribution < -0.4 is 4.90 Å². The van der Waals surface area contributed by atoms with Crippen molar-refractivity contribution in [1.82, 2.24) is 0 Å². The van der Waals surface area contributed by atoms with Gasteiger partial charge < -0.3 is 9.64 Å². The van der Waals surface area contributed by atoms with Crippen molar-refractivity contribution in [3.8, 4) is 0 Å². The molecule has 1 atom stereocenters. The number of esters is 1. The molecule has 0 spiro atoms. The van der Waals surface area contributed by atoms with Crippen LogP contribution in [0.5, 0.6) is 0 Å². The van der Waals surface area contributed by atoms with E-state index < -0.39 is 10.5 Å². The topological polar surface area (TPSA) is 72.7 Å². The van der Waals surface area contributed by atoms with E-state index >= 15 is 0 Å². The fourth-order valence-electron chi connectivity index (χ4n) is 2.87. The number of hydrogen-bond donors (Lipinski definition) is 0. The van der Waals surface area contributed by atoms with Crippen LogP contribution in [-0.4, -0.2) is 29.6 Å². The summed E-state index contributed by atoms with van der Waals surface area (Å²) in [6.45, 7) is 7.29. The fourth-order valence-corrected chi connectivity index (χ4v) is 2.87. The Morgan fingerprint density at radius 1 is 1.35 bits per heavy atom. The zero-order valence-corrected chi connectivity index (χ0v) is 13.9. The number of hydrogen-bond acceptors (Lipinski definition) is 5. The van der Waals surface area contributed by atoms with Gasteiger partial charge in [-0.15, -0.1) is 0 Å².